The molecule has 1 saturated heterocycles. The van der Waals surface area contributed by atoms with E-state index in [0.29, 0.717) is 0 Å². The molecule has 0 atom stereocenters. The van der Waals surface area contributed by atoms with E-state index in [1.165, 1.54) is 6.42 Å². The summed E-state index contributed by atoms with van der Waals surface area (Å²) in [5.74, 6) is -0.0479. The lowest BCUT2D eigenvalue weighted by Crippen LogP contribution is -2.66. The van der Waals surface area contributed by atoms with E-state index < -0.39 is 5.54 Å². The van der Waals surface area contributed by atoms with Gasteiger partial charge in [-0.05, 0) is 12.8 Å². The Labute approximate surface area is 77.1 Å². The van der Waals surface area contributed by atoms with Crippen molar-refractivity contribution in [2.45, 2.75) is 37.6 Å². The van der Waals surface area contributed by atoms with E-state index >= 15 is 0 Å². The lowest BCUT2D eigenvalue weighted by molar-refractivity contribution is -0.139. The largest absolute Gasteiger partial charge is 0.345 e. The molecule has 2 N–H and O–H groups in total. The second-order valence-electron chi connectivity index (χ2n) is 3.87. The summed E-state index contributed by atoms with van der Waals surface area (Å²) >= 11 is 0. The summed E-state index contributed by atoms with van der Waals surface area (Å²) in [4.78, 5) is 22.7. The van der Waals surface area contributed by atoms with Crippen LogP contribution in [0.25, 0.3) is 0 Å². The average molecular weight is 182 g/mol. The lowest BCUT2D eigenvalue weighted by atomic mass is 9.80. The van der Waals surface area contributed by atoms with Crippen LogP contribution >= 0.6 is 0 Å². The maximum Gasteiger partial charge on any atom is 0.246 e. The van der Waals surface area contributed by atoms with Gasteiger partial charge in [-0.3, -0.25) is 9.59 Å². The Bertz CT molecular complexity index is 244. The molecule has 1 saturated carbocycles. The summed E-state index contributed by atoms with van der Waals surface area (Å²) in [6.07, 6.45) is 4.83. The first-order chi connectivity index (χ1) is 6.23. The highest BCUT2D eigenvalue weighted by molar-refractivity contribution is 5.97. The fourth-order valence-electron chi connectivity index (χ4n) is 2.20. The standard InChI is InChI=1S/C9H14N2O2/c12-7-6-10-8(13)9(11-7)4-2-1-3-5-9/h1-6H2,(H,10,13)(H,11,12). The molecule has 0 unspecified atom stereocenters. The average Bonchev–Trinajstić information content (AvgIpc) is 2.14. The third-order valence-electron chi connectivity index (χ3n) is 2.93. The first-order valence-corrected chi connectivity index (χ1v) is 4.82. The predicted octanol–water partition coefficient (Wildman–Crippen LogP) is -0.0647. The fraction of sp³-hybridized carbons (Fsp3) is 0.778. The van der Waals surface area contributed by atoms with Gasteiger partial charge in [0.15, 0.2) is 0 Å². The van der Waals surface area contributed by atoms with Crippen LogP contribution in [0, 0.1) is 0 Å². The lowest BCUT2D eigenvalue weighted by Gasteiger charge is -2.39. The highest BCUT2D eigenvalue weighted by Crippen LogP contribution is 2.29. The zero-order chi connectivity index (χ0) is 9.31. The Morgan fingerprint density at radius 2 is 1.77 bits per heavy atom. The molecule has 13 heavy (non-hydrogen) atoms. The quantitative estimate of drug-likeness (QED) is 0.551. The molecule has 4 nitrogen and oxygen atoms in total. The van der Waals surface area contributed by atoms with Crippen LogP contribution in [-0.2, 0) is 9.59 Å². The Hall–Kier alpha value is -1.06. The second kappa shape index (κ2) is 3.01. The number of hydrogen-bond donors (Lipinski definition) is 2. The molecule has 2 rings (SSSR count). The predicted molar refractivity (Wildman–Crippen MR) is 47.0 cm³/mol. The minimum absolute atomic E-state index is 0.00630. The molecular weight excluding hydrogens is 168 g/mol. The number of amides is 2. The molecule has 0 radical (unpaired) electrons. The van der Waals surface area contributed by atoms with Crippen molar-refractivity contribution in [1.82, 2.24) is 10.6 Å². The fourth-order valence-corrected chi connectivity index (χ4v) is 2.20. The van der Waals surface area contributed by atoms with Crippen molar-refractivity contribution < 1.29 is 9.59 Å². The summed E-state index contributed by atoms with van der Waals surface area (Å²) < 4.78 is 0. The van der Waals surface area contributed by atoms with Crippen molar-refractivity contribution >= 4 is 11.8 Å². The Morgan fingerprint density at radius 1 is 1.08 bits per heavy atom. The van der Waals surface area contributed by atoms with E-state index in [2.05, 4.69) is 10.6 Å². The second-order valence-corrected chi connectivity index (χ2v) is 3.87. The molecule has 72 valence electrons. The van der Waals surface area contributed by atoms with Gasteiger partial charge in [-0.25, -0.2) is 0 Å². The summed E-state index contributed by atoms with van der Waals surface area (Å²) in [5.41, 5.74) is -0.562. The van der Waals surface area contributed by atoms with E-state index in [1.54, 1.807) is 0 Å². The summed E-state index contributed by atoms with van der Waals surface area (Å²) in [7, 11) is 0. The normalized spacial score (nSPS) is 26.8. The van der Waals surface area contributed by atoms with E-state index in [9.17, 15) is 9.59 Å². The number of carbonyl (C=O) groups is 2. The van der Waals surface area contributed by atoms with Gasteiger partial charge in [0.05, 0.1) is 6.54 Å². The maximum atomic E-state index is 11.6. The van der Waals surface area contributed by atoms with E-state index in [0.717, 1.165) is 25.7 Å². The van der Waals surface area contributed by atoms with Gasteiger partial charge < -0.3 is 10.6 Å². The molecule has 1 aliphatic carbocycles. The van der Waals surface area contributed by atoms with Gasteiger partial charge in [0.1, 0.15) is 5.54 Å². The van der Waals surface area contributed by atoms with Gasteiger partial charge in [0, 0.05) is 0 Å². The van der Waals surface area contributed by atoms with E-state index in [-0.39, 0.29) is 18.4 Å². The molecule has 0 aromatic rings. The molecule has 2 aliphatic rings. The number of nitrogens with one attached hydrogen (secondary N) is 2. The van der Waals surface area contributed by atoms with Crippen LogP contribution in [0.4, 0.5) is 0 Å². The van der Waals surface area contributed by atoms with Gasteiger partial charge >= 0.3 is 0 Å². The number of piperazine rings is 1. The van der Waals surface area contributed by atoms with Crippen LogP contribution in [0.2, 0.25) is 0 Å². The van der Waals surface area contributed by atoms with Crippen LogP contribution in [0.1, 0.15) is 32.1 Å². The van der Waals surface area contributed by atoms with E-state index in [1.807, 2.05) is 0 Å². The molecule has 2 amide bonds. The minimum Gasteiger partial charge on any atom is -0.345 e. The number of carbonyl (C=O) groups excluding carboxylic acids is 2. The molecule has 0 bridgehead atoms. The maximum absolute atomic E-state index is 11.6. The van der Waals surface area contributed by atoms with Crippen LogP contribution in [0.3, 0.4) is 0 Å². The van der Waals surface area contributed by atoms with Gasteiger partial charge in [-0.1, -0.05) is 19.3 Å². The third kappa shape index (κ3) is 1.41. The monoisotopic (exact) mass is 182 g/mol. The SMILES string of the molecule is O=C1CNC(=O)C2(CCCCC2)N1. The molecule has 0 aromatic heterocycles. The Morgan fingerprint density at radius 3 is 2.46 bits per heavy atom. The number of rotatable bonds is 0. The zero-order valence-electron chi connectivity index (χ0n) is 7.56. The molecular formula is C9H14N2O2. The zero-order valence-corrected chi connectivity index (χ0v) is 7.56. The van der Waals surface area contributed by atoms with Gasteiger partial charge in [-0.15, -0.1) is 0 Å². The molecule has 4 heteroatoms. The van der Waals surface area contributed by atoms with Gasteiger partial charge in [0.2, 0.25) is 11.8 Å². The highest BCUT2D eigenvalue weighted by atomic mass is 16.2. The summed E-state index contributed by atoms with van der Waals surface area (Å²) in [6, 6.07) is 0. The van der Waals surface area contributed by atoms with Crippen LogP contribution in [0.5, 0.6) is 0 Å². The van der Waals surface area contributed by atoms with Crippen molar-refractivity contribution in [3.8, 4) is 0 Å². The number of hydrogen-bond acceptors (Lipinski definition) is 2. The van der Waals surface area contributed by atoms with Crippen molar-refractivity contribution in [3.63, 3.8) is 0 Å². The first kappa shape index (κ1) is 8.53. The van der Waals surface area contributed by atoms with Crippen LogP contribution in [-0.4, -0.2) is 23.9 Å². The molecule has 1 heterocycles. The molecule has 2 fully saturated rings. The van der Waals surface area contributed by atoms with Crippen molar-refractivity contribution in [3.05, 3.63) is 0 Å². The van der Waals surface area contributed by atoms with Crippen molar-refractivity contribution in [2.24, 2.45) is 0 Å². The first-order valence-electron chi connectivity index (χ1n) is 4.82. The smallest absolute Gasteiger partial charge is 0.246 e. The molecule has 0 aromatic carbocycles. The topological polar surface area (TPSA) is 58.2 Å². The summed E-state index contributed by atoms with van der Waals surface area (Å²) in [5, 5.41) is 5.47. The van der Waals surface area contributed by atoms with E-state index in [4.69, 9.17) is 0 Å². The van der Waals surface area contributed by atoms with Crippen LogP contribution in [0.15, 0.2) is 0 Å². The third-order valence-corrected chi connectivity index (χ3v) is 2.93. The van der Waals surface area contributed by atoms with Gasteiger partial charge in [0.25, 0.3) is 0 Å². The molecule has 1 aliphatic heterocycles. The van der Waals surface area contributed by atoms with Crippen molar-refractivity contribution in [2.75, 3.05) is 6.54 Å². The Kier molecular flexibility index (Phi) is 1.98. The summed E-state index contributed by atoms with van der Waals surface area (Å²) in [6.45, 7) is 0.139. The highest BCUT2D eigenvalue weighted by Gasteiger charge is 2.43. The molecule has 1 spiro atoms. The Balaban J connectivity index is 2.16. The van der Waals surface area contributed by atoms with Crippen LogP contribution < -0.4 is 10.6 Å². The minimum atomic E-state index is -0.562. The van der Waals surface area contributed by atoms with Crippen molar-refractivity contribution in [1.29, 1.82) is 0 Å². The van der Waals surface area contributed by atoms with Gasteiger partial charge in [-0.2, -0.15) is 0 Å².